The Morgan fingerprint density at radius 2 is 1.37 bits per heavy atom. The Hall–Kier alpha value is -2.34. The number of allylic oxidation sites excluding steroid dienone is 18. The fraction of sp³-hybridized carbons (Fsp3) is 0.0526. The molecule has 0 heteroatoms. The Labute approximate surface area is 113 Å². The van der Waals surface area contributed by atoms with Gasteiger partial charge in [-0.1, -0.05) is 79.0 Å². The van der Waals surface area contributed by atoms with E-state index in [2.05, 4.69) is 79.0 Å². The van der Waals surface area contributed by atoms with E-state index in [0.29, 0.717) is 5.92 Å². The van der Waals surface area contributed by atoms with Gasteiger partial charge in [0, 0.05) is 5.92 Å². The highest BCUT2D eigenvalue weighted by molar-refractivity contribution is 5.73. The molecule has 90 valence electrons. The van der Waals surface area contributed by atoms with Crippen molar-refractivity contribution in [2.75, 3.05) is 0 Å². The van der Waals surface area contributed by atoms with Crippen LogP contribution >= 0.6 is 0 Å². The normalized spacial score (nSPS) is 32.2. The maximum absolute atomic E-state index is 2.32. The highest BCUT2D eigenvalue weighted by Gasteiger charge is 2.33. The molecule has 4 aliphatic rings. The van der Waals surface area contributed by atoms with Gasteiger partial charge in [0.15, 0.2) is 0 Å². The Morgan fingerprint density at radius 1 is 0.632 bits per heavy atom. The summed E-state index contributed by atoms with van der Waals surface area (Å²) in [6.45, 7) is 0. The highest BCUT2D eigenvalue weighted by Crippen LogP contribution is 2.47. The van der Waals surface area contributed by atoms with E-state index in [1.807, 2.05) is 0 Å². The summed E-state index contributed by atoms with van der Waals surface area (Å²) >= 11 is 0. The molecule has 0 aromatic rings. The first kappa shape index (κ1) is 10.6. The van der Waals surface area contributed by atoms with E-state index in [-0.39, 0.29) is 0 Å². The first-order valence-corrected chi connectivity index (χ1v) is 6.69. The minimum atomic E-state index is 0.430. The molecule has 0 amide bonds. The van der Waals surface area contributed by atoms with Gasteiger partial charge in [-0.3, -0.25) is 0 Å². The van der Waals surface area contributed by atoms with Crippen LogP contribution in [-0.2, 0) is 0 Å². The van der Waals surface area contributed by atoms with Crippen molar-refractivity contribution in [1.29, 1.82) is 0 Å². The van der Waals surface area contributed by atoms with Crippen molar-refractivity contribution in [2.45, 2.75) is 0 Å². The lowest BCUT2D eigenvalue weighted by molar-refractivity contribution is 0.993. The average Bonchev–Trinajstić information content (AvgIpc) is 2.84. The lowest BCUT2D eigenvalue weighted by Crippen LogP contribution is -1.96. The standard InChI is InChI=1S/C19H14/c1-2-6-10-16-15(9-5-1)17-11-7-3-4-8-14-12-13-18(16)19(14)17/h1-13,18H/b2-1?,4-3-,5-1?,6-2?,7-3?,8-4?,9-5?,10-6-,11-7?,14-8-,15-9?,16-10?,17-11?. The molecule has 1 unspecified atom stereocenters. The van der Waals surface area contributed by atoms with Crippen LogP contribution in [0.25, 0.3) is 0 Å². The first-order chi connectivity index (χ1) is 9.45. The topological polar surface area (TPSA) is 0 Å². The predicted octanol–water partition coefficient (Wildman–Crippen LogP) is 4.51. The van der Waals surface area contributed by atoms with Crippen LogP contribution in [0.1, 0.15) is 0 Å². The van der Waals surface area contributed by atoms with Gasteiger partial charge >= 0.3 is 0 Å². The van der Waals surface area contributed by atoms with E-state index in [0.717, 1.165) is 0 Å². The third kappa shape index (κ3) is 1.53. The molecule has 0 N–H and O–H groups in total. The van der Waals surface area contributed by atoms with Crippen LogP contribution in [0, 0.1) is 5.92 Å². The molecule has 1 atom stereocenters. The van der Waals surface area contributed by atoms with Crippen molar-refractivity contribution < 1.29 is 0 Å². The summed E-state index contributed by atoms with van der Waals surface area (Å²) in [6.07, 6.45) is 28.3. The number of hydrogen-bond acceptors (Lipinski definition) is 0. The third-order valence-electron chi connectivity index (χ3n) is 3.95. The van der Waals surface area contributed by atoms with Crippen LogP contribution in [0.15, 0.2) is 107 Å². The summed E-state index contributed by atoms with van der Waals surface area (Å²) < 4.78 is 0. The summed E-state index contributed by atoms with van der Waals surface area (Å²) in [7, 11) is 0. The van der Waals surface area contributed by atoms with Crippen LogP contribution in [0.2, 0.25) is 0 Å². The highest BCUT2D eigenvalue weighted by atomic mass is 14.4. The lowest BCUT2D eigenvalue weighted by atomic mass is 9.95. The number of hydrogen-bond donors (Lipinski definition) is 0. The second-order valence-corrected chi connectivity index (χ2v) is 5.00. The van der Waals surface area contributed by atoms with Crippen LogP contribution in [-0.4, -0.2) is 0 Å². The van der Waals surface area contributed by atoms with Crippen molar-refractivity contribution in [3.63, 3.8) is 0 Å². The monoisotopic (exact) mass is 242 g/mol. The van der Waals surface area contributed by atoms with E-state index in [4.69, 9.17) is 0 Å². The van der Waals surface area contributed by atoms with Gasteiger partial charge in [0.1, 0.15) is 0 Å². The molecular weight excluding hydrogens is 228 g/mol. The van der Waals surface area contributed by atoms with E-state index >= 15 is 0 Å². The van der Waals surface area contributed by atoms with E-state index in [1.165, 1.54) is 27.9 Å². The smallest absolute Gasteiger partial charge is 0.0291 e. The minimum absolute atomic E-state index is 0.430. The van der Waals surface area contributed by atoms with Crippen molar-refractivity contribution >= 4 is 0 Å². The Morgan fingerprint density at radius 3 is 2.26 bits per heavy atom. The molecule has 0 spiro atoms. The van der Waals surface area contributed by atoms with Gasteiger partial charge in [0.25, 0.3) is 0 Å². The number of fused-ring (bicyclic) bond motifs is 2. The van der Waals surface area contributed by atoms with Crippen LogP contribution in [0.4, 0.5) is 0 Å². The Kier molecular flexibility index (Phi) is 2.28. The Balaban J connectivity index is 1.96. The molecule has 4 aliphatic carbocycles. The minimum Gasteiger partial charge on any atom is -0.0720 e. The molecular formula is C19H14. The van der Waals surface area contributed by atoms with E-state index in [9.17, 15) is 0 Å². The molecule has 0 aliphatic heterocycles. The lowest BCUT2D eigenvalue weighted by Gasteiger charge is -2.08. The fourth-order valence-corrected chi connectivity index (χ4v) is 3.13. The third-order valence-corrected chi connectivity index (χ3v) is 3.95. The van der Waals surface area contributed by atoms with Gasteiger partial charge in [0.05, 0.1) is 0 Å². The van der Waals surface area contributed by atoms with E-state index < -0.39 is 0 Å². The van der Waals surface area contributed by atoms with Crippen molar-refractivity contribution in [1.82, 2.24) is 0 Å². The van der Waals surface area contributed by atoms with E-state index in [1.54, 1.807) is 0 Å². The molecule has 0 radical (unpaired) electrons. The fourth-order valence-electron chi connectivity index (χ4n) is 3.13. The second-order valence-electron chi connectivity index (χ2n) is 5.00. The average molecular weight is 242 g/mol. The predicted molar refractivity (Wildman–Crippen MR) is 80.5 cm³/mol. The first-order valence-electron chi connectivity index (χ1n) is 6.69. The van der Waals surface area contributed by atoms with Gasteiger partial charge in [-0.05, 0) is 27.9 Å². The van der Waals surface area contributed by atoms with Crippen molar-refractivity contribution in [2.24, 2.45) is 5.92 Å². The SMILES string of the molecule is C1=C/C=C\C2=C(C=C1)C1=C3/C(=C\C=C/C=C1)C=CC23. The summed E-state index contributed by atoms with van der Waals surface area (Å²) in [5.74, 6) is 0.430. The zero-order valence-corrected chi connectivity index (χ0v) is 10.6. The maximum atomic E-state index is 2.32. The summed E-state index contributed by atoms with van der Waals surface area (Å²) in [5.41, 5.74) is 6.96. The van der Waals surface area contributed by atoms with Gasteiger partial charge < -0.3 is 0 Å². The largest absolute Gasteiger partial charge is 0.0720 e. The van der Waals surface area contributed by atoms with Gasteiger partial charge in [-0.15, -0.1) is 0 Å². The summed E-state index contributed by atoms with van der Waals surface area (Å²) in [5, 5.41) is 0. The molecule has 0 bridgehead atoms. The van der Waals surface area contributed by atoms with Crippen LogP contribution < -0.4 is 0 Å². The van der Waals surface area contributed by atoms with Crippen LogP contribution in [0.5, 0.6) is 0 Å². The van der Waals surface area contributed by atoms with Crippen molar-refractivity contribution in [3.8, 4) is 0 Å². The molecule has 0 aromatic carbocycles. The molecule has 0 aromatic heterocycles. The van der Waals surface area contributed by atoms with Crippen molar-refractivity contribution in [3.05, 3.63) is 107 Å². The zero-order chi connectivity index (χ0) is 12.7. The molecule has 0 heterocycles. The summed E-state index contributed by atoms with van der Waals surface area (Å²) in [6, 6.07) is 0. The summed E-state index contributed by atoms with van der Waals surface area (Å²) in [4.78, 5) is 0. The molecule has 0 saturated carbocycles. The zero-order valence-electron chi connectivity index (χ0n) is 10.6. The number of rotatable bonds is 0. The molecule has 19 heavy (non-hydrogen) atoms. The van der Waals surface area contributed by atoms with Gasteiger partial charge in [-0.25, -0.2) is 0 Å². The maximum Gasteiger partial charge on any atom is 0.0291 e. The molecule has 4 rings (SSSR count). The molecule has 0 saturated heterocycles. The van der Waals surface area contributed by atoms with Gasteiger partial charge in [-0.2, -0.15) is 0 Å². The van der Waals surface area contributed by atoms with Gasteiger partial charge in [0.2, 0.25) is 0 Å². The molecule has 0 fully saturated rings. The quantitative estimate of drug-likeness (QED) is 0.586. The van der Waals surface area contributed by atoms with Crippen LogP contribution in [0.3, 0.4) is 0 Å². The Bertz CT molecular complexity index is 707. The second kappa shape index (κ2) is 4.10. The molecule has 0 nitrogen and oxygen atoms in total.